The van der Waals surface area contributed by atoms with Crippen molar-refractivity contribution in [3.8, 4) is 5.75 Å². The molecule has 0 aliphatic carbocycles. The lowest BCUT2D eigenvalue weighted by Gasteiger charge is -2.23. The molecule has 44 heavy (non-hydrogen) atoms. The van der Waals surface area contributed by atoms with Gasteiger partial charge in [-0.25, -0.2) is 8.42 Å². The monoisotopic (exact) mass is 652 g/mol. The van der Waals surface area contributed by atoms with Crippen LogP contribution in [0.1, 0.15) is 17.8 Å². The van der Waals surface area contributed by atoms with E-state index < -0.39 is 10.0 Å². The van der Waals surface area contributed by atoms with E-state index in [1.54, 1.807) is 31.4 Å². The first kappa shape index (κ1) is 31.8. The number of hydrogen-bond donors (Lipinski definition) is 2. The number of benzene rings is 3. The molecule has 5 rings (SSSR count). The number of aromatic nitrogens is 2. The first-order chi connectivity index (χ1) is 21.1. The zero-order chi connectivity index (χ0) is 31.4. The van der Waals surface area contributed by atoms with E-state index in [4.69, 9.17) is 27.9 Å². The quantitative estimate of drug-likeness (QED) is 0.115. The Kier molecular flexibility index (Phi) is 9.80. The first-order valence-electron chi connectivity index (χ1n) is 14.3. The predicted octanol–water partition coefficient (Wildman–Crippen LogP) is 6.75. The molecule has 0 bridgehead atoms. The van der Waals surface area contributed by atoms with Crippen LogP contribution >= 0.6 is 23.2 Å². The number of nitrogens with zero attached hydrogens (tertiary/aromatic N) is 3. The lowest BCUT2D eigenvalue weighted by Crippen LogP contribution is -2.36. The summed E-state index contributed by atoms with van der Waals surface area (Å²) in [6.45, 7) is 5.53. The Bertz CT molecular complexity index is 1920. The number of anilines is 2. The summed E-state index contributed by atoms with van der Waals surface area (Å²) in [4.78, 5) is 4.81. The molecular formula is C33H36Cl2N5O3S+. The maximum atomic E-state index is 13.8. The maximum absolute atomic E-state index is 13.8. The normalized spacial score (nSPS) is 11.8. The maximum Gasteiger partial charge on any atom is 0.243 e. The number of pyridine rings is 2. The number of sulfonamides is 1. The van der Waals surface area contributed by atoms with Crippen molar-refractivity contribution < 1.29 is 17.7 Å². The number of aryl methyl sites for hydroxylation is 3. The third-order valence-corrected chi connectivity index (χ3v) is 10.0. The van der Waals surface area contributed by atoms with Gasteiger partial charge in [-0.2, -0.15) is 8.87 Å². The third-order valence-electron chi connectivity index (χ3n) is 7.66. The van der Waals surface area contributed by atoms with Crippen LogP contribution in [0, 0.1) is 13.8 Å². The molecular weight excluding hydrogens is 617 g/mol. The summed E-state index contributed by atoms with van der Waals surface area (Å²) in [7, 11) is -0.203. The number of fused-ring (bicyclic) bond motifs is 2. The van der Waals surface area contributed by atoms with Crippen molar-refractivity contribution in [2.24, 2.45) is 7.05 Å². The summed E-state index contributed by atoms with van der Waals surface area (Å²) in [5.74, 6) is 0.596. The minimum atomic E-state index is -3.78. The average Bonchev–Trinajstić information content (AvgIpc) is 3.00. The van der Waals surface area contributed by atoms with Crippen molar-refractivity contribution in [2.75, 3.05) is 43.9 Å². The zero-order valence-corrected chi connectivity index (χ0v) is 27.5. The molecule has 3 aromatic carbocycles. The zero-order valence-electron chi connectivity index (χ0n) is 25.2. The van der Waals surface area contributed by atoms with E-state index in [2.05, 4.69) is 33.2 Å². The molecule has 0 spiro atoms. The van der Waals surface area contributed by atoms with Gasteiger partial charge in [0.05, 0.1) is 28.6 Å². The highest BCUT2D eigenvalue weighted by Crippen LogP contribution is 2.28. The lowest BCUT2D eigenvalue weighted by atomic mass is 10.1. The molecule has 0 saturated carbocycles. The molecule has 0 unspecified atom stereocenters. The Balaban J connectivity index is 1.33. The molecule has 5 aromatic rings. The van der Waals surface area contributed by atoms with Crippen LogP contribution in [0.25, 0.3) is 21.8 Å². The van der Waals surface area contributed by atoms with Crippen molar-refractivity contribution in [3.05, 3.63) is 94.2 Å². The van der Waals surface area contributed by atoms with E-state index in [0.717, 1.165) is 44.6 Å². The van der Waals surface area contributed by atoms with Crippen molar-refractivity contribution in [1.82, 2.24) is 9.29 Å². The van der Waals surface area contributed by atoms with Crippen LogP contribution in [-0.2, 0) is 17.1 Å². The molecule has 0 amide bonds. The molecule has 0 saturated heterocycles. The van der Waals surface area contributed by atoms with Gasteiger partial charge in [-0.3, -0.25) is 4.98 Å². The van der Waals surface area contributed by atoms with Crippen molar-refractivity contribution in [3.63, 3.8) is 0 Å². The fourth-order valence-corrected chi connectivity index (χ4v) is 7.08. The molecule has 11 heteroatoms. The first-order valence-corrected chi connectivity index (χ1v) is 16.5. The van der Waals surface area contributed by atoms with Gasteiger partial charge in [0.15, 0.2) is 5.69 Å². The van der Waals surface area contributed by atoms with Crippen LogP contribution in [0.2, 0.25) is 10.0 Å². The van der Waals surface area contributed by atoms with E-state index in [-0.39, 0.29) is 11.4 Å². The molecule has 0 atom stereocenters. The van der Waals surface area contributed by atoms with Gasteiger partial charge in [-0.15, -0.1) is 0 Å². The van der Waals surface area contributed by atoms with E-state index in [1.165, 1.54) is 4.31 Å². The van der Waals surface area contributed by atoms with E-state index in [1.807, 2.05) is 56.4 Å². The lowest BCUT2D eigenvalue weighted by molar-refractivity contribution is -0.651. The largest absolute Gasteiger partial charge is 0.497 e. The Morgan fingerprint density at radius 3 is 2.23 bits per heavy atom. The summed E-state index contributed by atoms with van der Waals surface area (Å²) in [6, 6.07) is 21.9. The molecule has 2 N–H and O–H groups in total. The summed E-state index contributed by atoms with van der Waals surface area (Å²) in [5.41, 5.74) is 5.66. The molecule has 0 radical (unpaired) electrons. The number of rotatable bonds is 12. The topological polar surface area (TPSA) is 87.4 Å². The highest BCUT2D eigenvalue weighted by Gasteiger charge is 2.24. The van der Waals surface area contributed by atoms with E-state index >= 15 is 0 Å². The van der Waals surface area contributed by atoms with Crippen LogP contribution in [0.5, 0.6) is 5.75 Å². The molecule has 0 fully saturated rings. The number of halogens is 2. The van der Waals surface area contributed by atoms with Gasteiger partial charge < -0.3 is 15.4 Å². The smallest absolute Gasteiger partial charge is 0.243 e. The fourth-order valence-electron chi connectivity index (χ4n) is 5.26. The van der Waals surface area contributed by atoms with Crippen LogP contribution in [-0.4, -0.2) is 51.0 Å². The number of ether oxygens (including phenoxy) is 1. The summed E-state index contributed by atoms with van der Waals surface area (Å²) in [6.07, 6.45) is 0.588. The SMILES string of the molecule is COc1ccc(S(=O)(=O)N(CCCNc2cc(C)[n+](C)c3ccc(Cl)cc23)CCNc2cc(C)nc3ccc(Cl)cc23)cc1. The van der Waals surface area contributed by atoms with Gasteiger partial charge >= 0.3 is 0 Å². The second-order valence-corrected chi connectivity index (χ2v) is 13.5. The second-order valence-electron chi connectivity index (χ2n) is 10.7. The summed E-state index contributed by atoms with van der Waals surface area (Å²) < 4.78 is 36.6. The summed E-state index contributed by atoms with van der Waals surface area (Å²) >= 11 is 12.6. The number of methoxy groups -OCH3 is 1. The Labute approximate surface area is 268 Å². The van der Waals surface area contributed by atoms with E-state index in [9.17, 15) is 8.42 Å². The number of hydrogen-bond acceptors (Lipinski definition) is 6. The molecule has 2 aromatic heterocycles. The van der Waals surface area contributed by atoms with Gasteiger partial charge in [0.2, 0.25) is 15.5 Å². The molecule has 0 aliphatic rings. The van der Waals surface area contributed by atoms with Gasteiger partial charge in [-0.1, -0.05) is 23.2 Å². The van der Waals surface area contributed by atoms with Crippen molar-refractivity contribution >= 4 is 66.4 Å². The van der Waals surface area contributed by atoms with Gasteiger partial charge in [0, 0.05) is 72.0 Å². The van der Waals surface area contributed by atoms with E-state index in [0.29, 0.717) is 41.8 Å². The molecule has 230 valence electrons. The van der Waals surface area contributed by atoms with Crippen LogP contribution in [0.3, 0.4) is 0 Å². The Hall–Kier alpha value is -3.63. The van der Waals surface area contributed by atoms with Crippen LogP contribution < -0.4 is 19.9 Å². The Morgan fingerprint density at radius 1 is 0.841 bits per heavy atom. The van der Waals surface area contributed by atoms with Crippen LogP contribution in [0.15, 0.2) is 77.7 Å². The molecule has 0 aliphatic heterocycles. The van der Waals surface area contributed by atoms with Gasteiger partial charge in [-0.05, 0) is 74.0 Å². The van der Waals surface area contributed by atoms with Gasteiger partial charge in [0.25, 0.3) is 0 Å². The number of nitrogens with one attached hydrogen (secondary N) is 2. The van der Waals surface area contributed by atoms with Crippen molar-refractivity contribution in [2.45, 2.75) is 25.2 Å². The van der Waals surface area contributed by atoms with Gasteiger partial charge in [0.1, 0.15) is 12.8 Å². The summed E-state index contributed by atoms with van der Waals surface area (Å²) in [5, 5.41) is 10.1. The van der Waals surface area contributed by atoms with Crippen LogP contribution in [0.4, 0.5) is 11.4 Å². The highest BCUT2D eigenvalue weighted by atomic mass is 35.5. The molecule has 8 nitrogen and oxygen atoms in total. The highest BCUT2D eigenvalue weighted by molar-refractivity contribution is 7.89. The minimum absolute atomic E-state index is 0.218. The standard InChI is InChI=1S/C33H35Cl2N5O3S/c1-22-18-31(28-20-24(34)6-12-30(28)38-22)37-15-17-40(44(41,42)27-10-8-26(43-4)9-11-27)16-5-14-36-32-19-23(2)39(3)33-13-7-25(35)21-29(32)33/h6-13,18-21H,5,14-17H2,1-4H3,(H,37,38)/p+1. The van der Waals surface area contributed by atoms with Crippen molar-refractivity contribution in [1.29, 1.82) is 0 Å². The minimum Gasteiger partial charge on any atom is -0.497 e. The Morgan fingerprint density at radius 2 is 1.50 bits per heavy atom. The predicted molar refractivity (Wildman–Crippen MR) is 180 cm³/mol. The fraction of sp³-hybridized carbons (Fsp3) is 0.273. The molecule has 2 heterocycles. The third kappa shape index (κ3) is 7.02. The second kappa shape index (κ2) is 13.6. The average molecular weight is 654 g/mol.